The molecule has 0 aromatic rings. The van der Waals surface area contributed by atoms with Crippen molar-refractivity contribution in [3.05, 3.63) is 7.11 Å². The molecule has 0 unspecified atom stereocenters. The average molecular weight is 145 g/mol. The average Bonchev–Trinajstić information content (AvgIpc) is 1.78. The third-order valence-corrected chi connectivity index (χ3v) is 0.968. The molecule has 0 aliphatic carbocycles. The van der Waals surface area contributed by atoms with Crippen LogP contribution in [0.15, 0.2) is 0 Å². The first-order valence-electron chi connectivity index (χ1n) is 3.57. The highest BCUT2D eigenvalue weighted by Gasteiger charge is 2.08. The molecule has 0 amide bonds. The van der Waals surface area contributed by atoms with Crippen molar-refractivity contribution in [3.8, 4) is 0 Å². The lowest BCUT2D eigenvalue weighted by atomic mass is 10.2. The minimum atomic E-state index is -0.0266. The van der Waals surface area contributed by atoms with E-state index in [2.05, 4.69) is 11.8 Å². The Hall–Kier alpha value is -0.0800. The summed E-state index contributed by atoms with van der Waals surface area (Å²) in [6, 6.07) is 0. The van der Waals surface area contributed by atoms with E-state index in [9.17, 15) is 0 Å². The third-order valence-electron chi connectivity index (χ3n) is 0.968. The summed E-state index contributed by atoms with van der Waals surface area (Å²) in [5, 5.41) is 0. The second-order valence-corrected chi connectivity index (χ2v) is 3.22. The van der Waals surface area contributed by atoms with Gasteiger partial charge in [0.15, 0.2) is 0 Å². The van der Waals surface area contributed by atoms with Crippen molar-refractivity contribution >= 4 is 0 Å². The largest absolute Gasteiger partial charge is 0.379 e. The van der Waals surface area contributed by atoms with Gasteiger partial charge in [-0.05, 0) is 27.2 Å². The first-order chi connectivity index (χ1) is 4.56. The maximum absolute atomic E-state index is 5.42. The van der Waals surface area contributed by atoms with Crippen LogP contribution in [-0.4, -0.2) is 18.8 Å². The van der Waals surface area contributed by atoms with Crippen LogP contribution in [0, 0.1) is 7.11 Å². The molecule has 0 heterocycles. The number of hydrogen-bond acceptors (Lipinski definition) is 2. The molecule has 0 N–H and O–H groups in total. The Morgan fingerprint density at radius 2 is 1.80 bits per heavy atom. The van der Waals surface area contributed by atoms with Crippen LogP contribution in [0.25, 0.3) is 0 Å². The Balaban J connectivity index is 3.04. The Kier molecular flexibility index (Phi) is 4.65. The van der Waals surface area contributed by atoms with E-state index in [-0.39, 0.29) is 5.60 Å². The molecular weight excluding hydrogens is 128 g/mol. The summed E-state index contributed by atoms with van der Waals surface area (Å²) in [6.07, 6.45) is 0.917. The fraction of sp³-hybridized carbons (Fsp3) is 0.875. The molecule has 0 rings (SSSR count). The quantitative estimate of drug-likeness (QED) is 0.563. The highest BCUT2D eigenvalue weighted by molar-refractivity contribution is 4.57. The zero-order valence-corrected chi connectivity index (χ0v) is 7.14. The Morgan fingerprint density at radius 3 is 2.20 bits per heavy atom. The van der Waals surface area contributed by atoms with Gasteiger partial charge in [-0.25, -0.2) is 0 Å². The molecule has 0 aliphatic rings. The summed E-state index contributed by atoms with van der Waals surface area (Å²) < 4.78 is 10.1. The van der Waals surface area contributed by atoms with Gasteiger partial charge >= 0.3 is 0 Å². The van der Waals surface area contributed by atoms with Crippen molar-refractivity contribution in [2.45, 2.75) is 32.8 Å². The summed E-state index contributed by atoms with van der Waals surface area (Å²) >= 11 is 0. The van der Waals surface area contributed by atoms with Gasteiger partial charge in [0.05, 0.1) is 12.7 Å². The van der Waals surface area contributed by atoms with E-state index in [1.54, 1.807) is 0 Å². The van der Waals surface area contributed by atoms with E-state index >= 15 is 0 Å². The zero-order chi connectivity index (χ0) is 8.04. The van der Waals surface area contributed by atoms with E-state index in [0.717, 1.165) is 13.0 Å². The van der Waals surface area contributed by atoms with Crippen molar-refractivity contribution in [3.63, 3.8) is 0 Å². The number of hydrogen-bond donors (Lipinski definition) is 0. The smallest absolute Gasteiger partial charge is 0.0700 e. The van der Waals surface area contributed by atoms with Gasteiger partial charge in [-0.15, -0.1) is 0 Å². The number of rotatable bonds is 4. The fourth-order valence-corrected chi connectivity index (χ4v) is 0.539. The van der Waals surface area contributed by atoms with Gasteiger partial charge in [0.1, 0.15) is 0 Å². The Bertz CT molecular complexity index is 73.8. The van der Waals surface area contributed by atoms with Crippen LogP contribution in [0.1, 0.15) is 27.2 Å². The Labute approximate surface area is 63.5 Å². The second kappa shape index (κ2) is 4.69. The molecule has 0 saturated carbocycles. The van der Waals surface area contributed by atoms with Crippen molar-refractivity contribution in [1.82, 2.24) is 0 Å². The van der Waals surface area contributed by atoms with E-state index in [1.165, 1.54) is 0 Å². The van der Waals surface area contributed by atoms with Crippen LogP contribution in [0.5, 0.6) is 0 Å². The normalized spacial score (nSPS) is 12.0. The van der Waals surface area contributed by atoms with Gasteiger partial charge in [0.2, 0.25) is 0 Å². The van der Waals surface area contributed by atoms with E-state index in [0.29, 0.717) is 6.61 Å². The van der Waals surface area contributed by atoms with Gasteiger partial charge in [-0.2, -0.15) is 0 Å². The molecule has 0 saturated heterocycles. The van der Waals surface area contributed by atoms with Crippen LogP contribution in [0.3, 0.4) is 0 Å². The molecule has 2 heteroatoms. The van der Waals surface area contributed by atoms with Gasteiger partial charge in [0.25, 0.3) is 0 Å². The SMILES string of the molecule is [CH2]OCCCOC(C)(C)C. The molecule has 0 aromatic carbocycles. The lowest BCUT2D eigenvalue weighted by Gasteiger charge is -2.18. The predicted octanol–water partition coefficient (Wildman–Crippen LogP) is 2.00. The summed E-state index contributed by atoms with van der Waals surface area (Å²) in [5.41, 5.74) is -0.0266. The molecule has 0 spiro atoms. The van der Waals surface area contributed by atoms with Gasteiger partial charge < -0.3 is 9.47 Å². The van der Waals surface area contributed by atoms with E-state index < -0.39 is 0 Å². The molecular formula is C8H17O2. The summed E-state index contributed by atoms with van der Waals surface area (Å²) in [5.74, 6) is 0. The molecule has 0 fully saturated rings. The standard InChI is InChI=1S/C8H17O2/c1-8(2,3)10-7-5-6-9-4/h4-7H2,1-3H3. The van der Waals surface area contributed by atoms with Crippen LogP contribution < -0.4 is 0 Å². The lowest BCUT2D eigenvalue weighted by molar-refractivity contribution is -0.00961. The molecule has 10 heavy (non-hydrogen) atoms. The molecule has 61 valence electrons. The van der Waals surface area contributed by atoms with Crippen molar-refractivity contribution in [2.24, 2.45) is 0 Å². The number of ether oxygens (including phenoxy) is 2. The van der Waals surface area contributed by atoms with Gasteiger partial charge in [-0.1, -0.05) is 0 Å². The molecule has 0 bridgehead atoms. The van der Waals surface area contributed by atoms with Crippen LogP contribution >= 0.6 is 0 Å². The molecule has 1 radical (unpaired) electrons. The monoisotopic (exact) mass is 145 g/mol. The first kappa shape index (κ1) is 9.92. The van der Waals surface area contributed by atoms with E-state index in [4.69, 9.17) is 4.74 Å². The Morgan fingerprint density at radius 1 is 1.20 bits per heavy atom. The maximum Gasteiger partial charge on any atom is 0.0700 e. The highest BCUT2D eigenvalue weighted by Crippen LogP contribution is 2.06. The first-order valence-corrected chi connectivity index (χ1v) is 3.57. The summed E-state index contributed by atoms with van der Waals surface area (Å²) in [7, 11) is 3.26. The summed E-state index contributed by atoms with van der Waals surface area (Å²) in [6.45, 7) is 7.54. The molecule has 0 aliphatic heterocycles. The van der Waals surface area contributed by atoms with Crippen LogP contribution in [0.2, 0.25) is 0 Å². The van der Waals surface area contributed by atoms with Gasteiger partial charge in [0, 0.05) is 13.2 Å². The van der Waals surface area contributed by atoms with Crippen molar-refractivity contribution in [1.29, 1.82) is 0 Å². The van der Waals surface area contributed by atoms with E-state index in [1.807, 2.05) is 20.8 Å². The summed E-state index contributed by atoms with van der Waals surface area (Å²) in [4.78, 5) is 0. The third kappa shape index (κ3) is 7.92. The van der Waals surface area contributed by atoms with Crippen LogP contribution in [-0.2, 0) is 9.47 Å². The molecule has 0 atom stereocenters. The minimum absolute atomic E-state index is 0.0266. The fourth-order valence-electron chi connectivity index (χ4n) is 0.539. The minimum Gasteiger partial charge on any atom is -0.379 e. The van der Waals surface area contributed by atoms with Crippen molar-refractivity contribution < 1.29 is 9.47 Å². The highest BCUT2D eigenvalue weighted by atomic mass is 16.5. The lowest BCUT2D eigenvalue weighted by Crippen LogP contribution is -2.20. The van der Waals surface area contributed by atoms with Crippen LogP contribution in [0.4, 0.5) is 0 Å². The predicted molar refractivity (Wildman–Crippen MR) is 41.6 cm³/mol. The maximum atomic E-state index is 5.42. The van der Waals surface area contributed by atoms with Gasteiger partial charge in [-0.3, -0.25) is 0 Å². The molecule has 2 nitrogen and oxygen atoms in total. The topological polar surface area (TPSA) is 18.5 Å². The van der Waals surface area contributed by atoms with Crippen molar-refractivity contribution in [2.75, 3.05) is 13.2 Å². The zero-order valence-electron chi connectivity index (χ0n) is 7.14. The molecule has 0 aromatic heterocycles. The second-order valence-electron chi connectivity index (χ2n) is 3.22.